The molecule has 0 atom stereocenters. The van der Waals surface area contributed by atoms with Gasteiger partial charge < -0.3 is 19.0 Å². The van der Waals surface area contributed by atoms with Gasteiger partial charge in [0.2, 0.25) is 5.91 Å². The van der Waals surface area contributed by atoms with Crippen LogP contribution in [0.15, 0.2) is 83.8 Å². The molecule has 0 aliphatic rings. The van der Waals surface area contributed by atoms with Gasteiger partial charge in [0.1, 0.15) is 23.7 Å². The Kier molecular flexibility index (Phi) is 5.20. The number of fused-ring (bicyclic) bond motifs is 1. The Morgan fingerprint density at radius 1 is 1.18 bits per heavy atom. The third kappa shape index (κ3) is 4.48. The quantitative estimate of drug-likeness (QED) is 0.489. The topological polar surface area (TPSA) is 69.3 Å². The number of benzene rings is 2. The molecule has 0 saturated heterocycles. The molecule has 0 unspecified atom stereocenters. The highest BCUT2D eigenvalue weighted by Crippen LogP contribution is 2.20. The van der Waals surface area contributed by atoms with Crippen molar-refractivity contribution in [3.63, 3.8) is 0 Å². The number of nitrogens with zero attached hydrogens (tertiary/aromatic N) is 2. The van der Waals surface area contributed by atoms with Gasteiger partial charge in [-0.2, -0.15) is 0 Å². The van der Waals surface area contributed by atoms with Crippen molar-refractivity contribution in [2.45, 2.75) is 6.54 Å². The molecule has 28 heavy (non-hydrogen) atoms. The number of amides is 1. The third-order valence-electron chi connectivity index (χ3n) is 4.14. The maximum Gasteiger partial charge on any atom is 0.248 e. The highest BCUT2D eigenvalue weighted by atomic mass is 16.5. The SMILES string of the molecule is O=C(/C=C/c1cc2ccccc2o1)Nc1ccc(OCCn2ccnc2)cc1. The number of aromatic nitrogens is 2. The summed E-state index contributed by atoms with van der Waals surface area (Å²) in [6.45, 7) is 1.27. The lowest BCUT2D eigenvalue weighted by atomic mass is 10.2. The molecular formula is C22H19N3O3. The van der Waals surface area contributed by atoms with Crippen LogP contribution in [-0.4, -0.2) is 22.1 Å². The maximum absolute atomic E-state index is 12.1. The molecule has 2 heterocycles. The normalized spacial score (nSPS) is 11.1. The van der Waals surface area contributed by atoms with Crippen LogP contribution < -0.4 is 10.1 Å². The molecule has 2 aromatic heterocycles. The molecule has 2 aromatic carbocycles. The van der Waals surface area contributed by atoms with Crippen molar-refractivity contribution in [3.05, 3.63) is 85.2 Å². The van der Waals surface area contributed by atoms with Crippen LogP contribution in [0, 0.1) is 0 Å². The fraction of sp³-hybridized carbons (Fsp3) is 0.0909. The molecular weight excluding hydrogens is 354 g/mol. The van der Waals surface area contributed by atoms with Crippen LogP contribution in [-0.2, 0) is 11.3 Å². The molecule has 0 bridgehead atoms. The van der Waals surface area contributed by atoms with Crippen LogP contribution >= 0.6 is 0 Å². The Bertz CT molecular complexity index is 1050. The fourth-order valence-electron chi connectivity index (χ4n) is 2.75. The Hall–Kier alpha value is -3.80. The first-order chi connectivity index (χ1) is 13.8. The average Bonchev–Trinajstić information content (AvgIpc) is 3.37. The number of imidazole rings is 1. The van der Waals surface area contributed by atoms with Crippen molar-refractivity contribution < 1.29 is 13.9 Å². The number of para-hydroxylation sites is 1. The minimum atomic E-state index is -0.228. The summed E-state index contributed by atoms with van der Waals surface area (Å²) in [6, 6.07) is 16.9. The van der Waals surface area contributed by atoms with Crippen LogP contribution in [0.3, 0.4) is 0 Å². The molecule has 0 radical (unpaired) electrons. The Labute approximate surface area is 162 Å². The lowest BCUT2D eigenvalue weighted by Crippen LogP contribution is -2.08. The summed E-state index contributed by atoms with van der Waals surface area (Å²) in [4.78, 5) is 16.1. The number of carbonyl (C=O) groups excluding carboxylic acids is 1. The summed E-state index contributed by atoms with van der Waals surface area (Å²) in [5, 5.41) is 3.82. The van der Waals surface area contributed by atoms with E-state index in [4.69, 9.17) is 9.15 Å². The van der Waals surface area contributed by atoms with Gasteiger partial charge in [0.15, 0.2) is 0 Å². The molecule has 6 heteroatoms. The summed E-state index contributed by atoms with van der Waals surface area (Å²) in [5.74, 6) is 1.16. The zero-order valence-electron chi connectivity index (χ0n) is 15.1. The van der Waals surface area contributed by atoms with E-state index in [-0.39, 0.29) is 5.91 Å². The molecule has 0 fully saturated rings. The monoisotopic (exact) mass is 373 g/mol. The Balaban J connectivity index is 1.29. The van der Waals surface area contributed by atoms with Gasteiger partial charge >= 0.3 is 0 Å². The summed E-state index contributed by atoms with van der Waals surface area (Å²) < 4.78 is 13.3. The molecule has 0 aliphatic heterocycles. The summed E-state index contributed by atoms with van der Waals surface area (Å²) in [7, 11) is 0. The van der Waals surface area contributed by atoms with Gasteiger partial charge in [0, 0.05) is 29.5 Å². The zero-order chi connectivity index (χ0) is 19.2. The lowest BCUT2D eigenvalue weighted by Gasteiger charge is -2.08. The highest BCUT2D eigenvalue weighted by Gasteiger charge is 2.02. The van der Waals surface area contributed by atoms with E-state index >= 15 is 0 Å². The second-order valence-corrected chi connectivity index (χ2v) is 6.18. The van der Waals surface area contributed by atoms with Crippen molar-refractivity contribution >= 4 is 28.6 Å². The van der Waals surface area contributed by atoms with Crippen LogP contribution in [0.25, 0.3) is 17.0 Å². The van der Waals surface area contributed by atoms with Crippen LogP contribution in [0.5, 0.6) is 5.75 Å². The van der Waals surface area contributed by atoms with E-state index in [9.17, 15) is 4.79 Å². The first kappa shape index (κ1) is 17.6. The van der Waals surface area contributed by atoms with Crippen LogP contribution in [0.4, 0.5) is 5.69 Å². The molecule has 4 aromatic rings. The van der Waals surface area contributed by atoms with Crippen molar-refractivity contribution in [3.8, 4) is 5.75 Å². The number of ether oxygens (including phenoxy) is 1. The van der Waals surface area contributed by atoms with E-state index in [2.05, 4.69) is 10.3 Å². The largest absolute Gasteiger partial charge is 0.492 e. The van der Waals surface area contributed by atoms with E-state index in [0.29, 0.717) is 18.1 Å². The lowest BCUT2D eigenvalue weighted by molar-refractivity contribution is -0.111. The first-order valence-electron chi connectivity index (χ1n) is 8.92. The van der Waals surface area contributed by atoms with Crippen molar-refractivity contribution in [2.24, 2.45) is 0 Å². The predicted octanol–water partition coefficient (Wildman–Crippen LogP) is 4.36. The number of hydrogen-bond donors (Lipinski definition) is 1. The minimum Gasteiger partial charge on any atom is -0.492 e. The molecule has 0 spiro atoms. The summed E-state index contributed by atoms with van der Waals surface area (Å²) >= 11 is 0. The van der Waals surface area contributed by atoms with Gasteiger partial charge in [-0.15, -0.1) is 0 Å². The third-order valence-corrected chi connectivity index (χ3v) is 4.14. The number of carbonyl (C=O) groups is 1. The maximum atomic E-state index is 12.1. The summed E-state index contributed by atoms with van der Waals surface area (Å²) in [6.07, 6.45) is 8.48. The van der Waals surface area contributed by atoms with Crippen LogP contribution in [0.1, 0.15) is 5.76 Å². The van der Waals surface area contributed by atoms with E-state index in [1.165, 1.54) is 6.08 Å². The van der Waals surface area contributed by atoms with Crippen LogP contribution in [0.2, 0.25) is 0 Å². The first-order valence-corrected chi connectivity index (χ1v) is 8.92. The van der Waals surface area contributed by atoms with Gasteiger partial charge in [-0.3, -0.25) is 4.79 Å². The number of furan rings is 1. The van der Waals surface area contributed by atoms with E-state index in [1.54, 1.807) is 30.7 Å². The fourth-order valence-corrected chi connectivity index (χ4v) is 2.75. The van der Waals surface area contributed by atoms with Gasteiger partial charge in [0.25, 0.3) is 0 Å². The molecule has 140 valence electrons. The molecule has 0 aliphatic carbocycles. The molecule has 4 rings (SSSR count). The summed E-state index contributed by atoms with van der Waals surface area (Å²) in [5.41, 5.74) is 1.49. The van der Waals surface area contributed by atoms with Crippen molar-refractivity contribution in [2.75, 3.05) is 11.9 Å². The van der Waals surface area contributed by atoms with Gasteiger partial charge in [-0.05, 0) is 42.5 Å². The highest BCUT2D eigenvalue weighted by molar-refractivity contribution is 6.02. The van der Waals surface area contributed by atoms with E-state index in [1.807, 2.05) is 53.2 Å². The molecule has 1 amide bonds. The molecule has 6 nitrogen and oxygen atoms in total. The van der Waals surface area contributed by atoms with Gasteiger partial charge in [0.05, 0.1) is 12.9 Å². The van der Waals surface area contributed by atoms with E-state index in [0.717, 1.165) is 23.3 Å². The van der Waals surface area contributed by atoms with Gasteiger partial charge in [-0.1, -0.05) is 18.2 Å². The number of anilines is 1. The second-order valence-electron chi connectivity index (χ2n) is 6.18. The average molecular weight is 373 g/mol. The second kappa shape index (κ2) is 8.26. The number of nitrogens with one attached hydrogen (secondary N) is 1. The standard InChI is InChI=1S/C22H19N3O3/c26-22(10-9-20-15-17-3-1-2-4-21(17)28-20)24-18-5-7-19(8-6-18)27-14-13-25-12-11-23-16-25/h1-12,15-16H,13-14H2,(H,24,26)/b10-9+. The van der Waals surface area contributed by atoms with Crippen molar-refractivity contribution in [1.29, 1.82) is 0 Å². The van der Waals surface area contributed by atoms with Gasteiger partial charge in [-0.25, -0.2) is 4.98 Å². The zero-order valence-corrected chi connectivity index (χ0v) is 15.1. The molecule has 0 saturated carbocycles. The Morgan fingerprint density at radius 2 is 2.04 bits per heavy atom. The minimum absolute atomic E-state index is 0.228. The van der Waals surface area contributed by atoms with Crippen molar-refractivity contribution in [1.82, 2.24) is 9.55 Å². The number of rotatable bonds is 7. The Morgan fingerprint density at radius 3 is 2.82 bits per heavy atom. The number of hydrogen-bond acceptors (Lipinski definition) is 4. The predicted molar refractivity (Wildman–Crippen MR) is 108 cm³/mol. The van der Waals surface area contributed by atoms with E-state index < -0.39 is 0 Å². The molecule has 1 N–H and O–H groups in total. The smallest absolute Gasteiger partial charge is 0.248 e.